The van der Waals surface area contributed by atoms with Gasteiger partial charge in [0.05, 0.1) is 5.69 Å². The zero-order valence-corrected chi connectivity index (χ0v) is 16.5. The Kier molecular flexibility index (Phi) is 7.79. The molecule has 1 aromatic rings. The molecule has 148 valence electrons. The summed E-state index contributed by atoms with van der Waals surface area (Å²) in [6.45, 7) is 10.4. The molecule has 0 radical (unpaired) electrons. The number of para-hydroxylation sites is 1. The average molecular weight is 374 g/mol. The van der Waals surface area contributed by atoms with E-state index in [0.717, 1.165) is 26.1 Å². The van der Waals surface area contributed by atoms with Gasteiger partial charge in [-0.05, 0) is 45.1 Å². The molecular formula is C20H30N4O3. The number of carbonyl (C=O) groups is 2. The Bertz CT molecular complexity index is 658. The molecule has 1 unspecified atom stereocenters. The van der Waals surface area contributed by atoms with Crippen molar-refractivity contribution in [3.8, 4) is 0 Å². The molecule has 0 saturated carbocycles. The lowest BCUT2D eigenvalue weighted by Crippen LogP contribution is -2.39. The van der Waals surface area contributed by atoms with Crippen LogP contribution in [0.15, 0.2) is 35.4 Å². The van der Waals surface area contributed by atoms with Gasteiger partial charge in [-0.2, -0.15) is 5.10 Å². The highest BCUT2D eigenvalue weighted by atomic mass is 16.4. The summed E-state index contributed by atoms with van der Waals surface area (Å²) in [6.07, 6.45) is 1.01. The van der Waals surface area contributed by atoms with Crippen molar-refractivity contribution in [2.75, 3.05) is 37.7 Å². The fourth-order valence-electron chi connectivity index (χ4n) is 3.26. The van der Waals surface area contributed by atoms with Gasteiger partial charge in [0.25, 0.3) is 5.91 Å². The van der Waals surface area contributed by atoms with E-state index >= 15 is 0 Å². The van der Waals surface area contributed by atoms with Crippen molar-refractivity contribution in [2.24, 2.45) is 5.10 Å². The van der Waals surface area contributed by atoms with E-state index in [1.54, 1.807) is 17.0 Å². The van der Waals surface area contributed by atoms with E-state index < -0.39 is 12.0 Å². The molecule has 1 aliphatic rings. The van der Waals surface area contributed by atoms with Gasteiger partial charge in [0.15, 0.2) is 6.04 Å². The van der Waals surface area contributed by atoms with Crippen molar-refractivity contribution >= 4 is 23.3 Å². The van der Waals surface area contributed by atoms with E-state index in [4.69, 9.17) is 0 Å². The molecule has 1 amide bonds. The highest BCUT2D eigenvalue weighted by Crippen LogP contribution is 2.25. The van der Waals surface area contributed by atoms with Crippen LogP contribution < -0.4 is 5.01 Å². The summed E-state index contributed by atoms with van der Waals surface area (Å²) in [5.41, 5.74) is 0.994. The molecule has 1 N–H and O–H groups in total. The Hall–Kier alpha value is -2.41. The minimum atomic E-state index is -0.977. The van der Waals surface area contributed by atoms with Crippen LogP contribution in [0.1, 0.15) is 33.6 Å². The third-order valence-corrected chi connectivity index (χ3v) is 4.93. The maximum atomic E-state index is 12.9. The maximum Gasteiger partial charge on any atom is 0.328 e. The summed E-state index contributed by atoms with van der Waals surface area (Å²) in [5, 5.41) is 15.4. The van der Waals surface area contributed by atoms with E-state index in [-0.39, 0.29) is 12.3 Å². The largest absolute Gasteiger partial charge is 0.480 e. The van der Waals surface area contributed by atoms with E-state index in [1.807, 2.05) is 25.1 Å². The lowest BCUT2D eigenvalue weighted by molar-refractivity contribution is -0.138. The number of anilines is 1. The first-order chi connectivity index (χ1) is 13.0. The van der Waals surface area contributed by atoms with Crippen LogP contribution >= 0.6 is 0 Å². The summed E-state index contributed by atoms with van der Waals surface area (Å²) in [4.78, 5) is 28.6. The molecule has 0 fully saturated rings. The zero-order chi connectivity index (χ0) is 19.8. The van der Waals surface area contributed by atoms with Gasteiger partial charge < -0.3 is 14.9 Å². The Labute approximate surface area is 161 Å². The van der Waals surface area contributed by atoms with Gasteiger partial charge in [-0.1, -0.05) is 32.0 Å². The first-order valence-electron chi connectivity index (χ1n) is 9.67. The van der Waals surface area contributed by atoms with E-state index in [1.165, 1.54) is 5.01 Å². The van der Waals surface area contributed by atoms with E-state index in [0.29, 0.717) is 24.5 Å². The van der Waals surface area contributed by atoms with Gasteiger partial charge in [0.2, 0.25) is 0 Å². The molecule has 7 heteroatoms. The van der Waals surface area contributed by atoms with Crippen LogP contribution in [0.2, 0.25) is 0 Å². The number of nitrogens with zero attached hydrogens (tertiary/aromatic N) is 4. The third-order valence-electron chi connectivity index (χ3n) is 4.93. The molecule has 0 bridgehead atoms. The number of rotatable bonds is 10. The van der Waals surface area contributed by atoms with Gasteiger partial charge in [-0.25, -0.2) is 4.79 Å². The SMILES string of the molecule is CCN(CC)CCCN(CC)C(=O)C1=NN(c2ccccc2)C(C(=O)O)C1. The van der Waals surface area contributed by atoms with Crippen LogP contribution in [0.3, 0.4) is 0 Å². The van der Waals surface area contributed by atoms with Crippen molar-refractivity contribution in [1.82, 2.24) is 9.80 Å². The van der Waals surface area contributed by atoms with Crippen LogP contribution in [0.25, 0.3) is 0 Å². The quantitative estimate of drug-likeness (QED) is 0.680. The first kappa shape index (κ1) is 20.9. The highest BCUT2D eigenvalue weighted by molar-refractivity contribution is 6.40. The van der Waals surface area contributed by atoms with Crippen molar-refractivity contribution < 1.29 is 14.7 Å². The Morgan fingerprint density at radius 3 is 2.33 bits per heavy atom. The van der Waals surface area contributed by atoms with Crippen molar-refractivity contribution in [3.63, 3.8) is 0 Å². The molecule has 2 rings (SSSR count). The van der Waals surface area contributed by atoms with Crippen LogP contribution in [0.5, 0.6) is 0 Å². The standard InChI is InChI=1S/C20H30N4O3/c1-4-22(5-2)13-10-14-23(6-3)19(25)17-15-18(20(26)27)24(21-17)16-11-8-7-9-12-16/h7-9,11-12,18H,4-6,10,13-15H2,1-3H3,(H,26,27). The Morgan fingerprint density at radius 2 is 1.78 bits per heavy atom. The number of carboxylic acids is 1. The van der Waals surface area contributed by atoms with E-state index in [9.17, 15) is 14.7 Å². The van der Waals surface area contributed by atoms with Gasteiger partial charge >= 0.3 is 5.97 Å². The summed E-state index contributed by atoms with van der Waals surface area (Å²) >= 11 is 0. The second kappa shape index (κ2) is 10.1. The molecule has 1 aromatic carbocycles. The minimum absolute atomic E-state index is 0.121. The highest BCUT2D eigenvalue weighted by Gasteiger charge is 2.37. The molecule has 0 spiro atoms. The second-order valence-corrected chi connectivity index (χ2v) is 6.55. The molecule has 27 heavy (non-hydrogen) atoms. The topological polar surface area (TPSA) is 76.5 Å². The fourth-order valence-corrected chi connectivity index (χ4v) is 3.26. The summed E-state index contributed by atoms with van der Waals surface area (Å²) in [6, 6.07) is 8.27. The predicted molar refractivity (Wildman–Crippen MR) is 107 cm³/mol. The van der Waals surface area contributed by atoms with Gasteiger partial charge in [0.1, 0.15) is 5.71 Å². The smallest absolute Gasteiger partial charge is 0.328 e. The number of amides is 1. The number of carboxylic acid groups (broad SMARTS) is 1. The fraction of sp³-hybridized carbons (Fsp3) is 0.550. The number of hydrazone groups is 1. The minimum Gasteiger partial charge on any atom is -0.480 e. The molecule has 1 heterocycles. The first-order valence-corrected chi connectivity index (χ1v) is 9.67. The Balaban J connectivity index is 2.08. The maximum absolute atomic E-state index is 12.9. The molecular weight excluding hydrogens is 344 g/mol. The molecule has 0 aromatic heterocycles. The van der Waals surface area contributed by atoms with Crippen LogP contribution in [-0.4, -0.2) is 71.3 Å². The van der Waals surface area contributed by atoms with Gasteiger partial charge in [0, 0.05) is 19.5 Å². The number of aliphatic carboxylic acids is 1. The number of hydrogen-bond donors (Lipinski definition) is 1. The van der Waals surface area contributed by atoms with Crippen LogP contribution in [0.4, 0.5) is 5.69 Å². The number of benzene rings is 1. The summed E-state index contributed by atoms with van der Waals surface area (Å²) in [5.74, 6) is -1.14. The number of carbonyl (C=O) groups excluding carboxylic acids is 1. The van der Waals surface area contributed by atoms with Crippen molar-refractivity contribution in [2.45, 2.75) is 39.7 Å². The summed E-state index contributed by atoms with van der Waals surface area (Å²) in [7, 11) is 0. The lowest BCUT2D eigenvalue weighted by atomic mass is 10.1. The van der Waals surface area contributed by atoms with E-state index in [2.05, 4.69) is 23.8 Å². The predicted octanol–water partition coefficient (Wildman–Crippen LogP) is 2.29. The molecule has 1 atom stereocenters. The number of hydrogen-bond acceptors (Lipinski definition) is 5. The average Bonchev–Trinajstić information content (AvgIpc) is 3.14. The van der Waals surface area contributed by atoms with Crippen LogP contribution in [-0.2, 0) is 9.59 Å². The zero-order valence-electron chi connectivity index (χ0n) is 16.5. The normalized spacial score (nSPS) is 16.5. The summed E-state index contributed by atoms with van der Waals surface area (Å²) < 4.78 is 0. The lowest BCUT2D eigenvalue weighted by Gasteiger charge is -2.23. The molecule has 0 saturated heterocycles. The van der Waals surface area contributed by atoms with Crippen LogP contribution in [0, 0.1) is 0 Å². The Morgan fingerprint density at radius 1 is 1.11 bits per heavy atom. The molecule has 7 nitrogen and oxygen atoms in total. The van der Waals surface area contributed by atoms with Gasteiger partial charge in [-0.3, -0.25) is 9.80 Å². The van der Waals surface area contributed by atoms with Crippen molar-refractivity contribution in [3.05, 3.63) is 30.3 Å². The second-order valence-electron chi connectivity index (χ2n) is 6.55. The monoisotopic (exact) mass is 374 g/mol. The molecule has 1 aliphatic heterocycles. The van der Waals surface area contributed by atoms with Gasteiger partial charge in [-0.15, -0.1) is 0 Å². The molecule has 0 aliphatic carbocycles. The van der Waals surface area contributed by atoms with Crippen molar-refractivity contribution in [1.29, 1.82) is 0 Å². The third kappa shape index (κ3) is 5.29.